The largest absolute Gasteiger partial charge is 1.00 e. The molecule has 0 aromatic heterocycles. The minimum Gasteiger partial charge on any atom is -1.00 e. The Bertz CT molecular complexity index is 101. The Labute approximate surface area is 70.4 Å². The molecule has 0 aromatic carbocycles. The highest BCUT2D eigenvalue weighted by molar-refractivity contribution is 4.57. The molecule has 0 radical (unpaired) electrons. The summed E-state index contributed by atoms with van der Waals surface area (Å²) in [6.45, 7) is 5.11. The fourth-order valence-corrected chi connectivity index (χ4v) is 1.89. The number of hydrogen-bond acceptors (Lipinski definition) is 0. The number of halogens is 1. The van der Waals surface area contributed by atoms with E-state index in [1.165, 1.54) is 30.4 Å². The first-order valence-electron chi connectivity index (χ1n) is 3.92. The molecule has 1 aliphatic rings. The quantitative estimate of drug-likeness (QED) is 0.382. The Morgan fingerprint density at radius 2 is 1.90 bits per heavy atom. The predicted octanol–water partition coefficient (Wildman–Crippen LogP) is -1.50. The second-order valence-electron chi connectivity index (χ2n) is 4.09. The normalized spacial score (nSPS) is 30.9. The van der Waals surface area contributed by atoms with Gasteiger partial charge in [-0.3, -0.25) is 0 Å². The summed E-state index contributed by atoms with van der Waals surface area (Å²) in [5, 5.41) is 0. The third kappa shape index (κ3) is 2.89. The van der Waals surface area contributed by atoms with E-state index in [1.54, 1.807) is 0 Å². The molecule has 0 aromatic rings. The Morgan fingerprint density at radius 1 is 1.30 bits per heavy atom. The minimum absolute atomic E-state index is 0. The first-order chi connectivity index (χ1) is 4.10. The van der Waals surface area contributed by atoms with Crippen molar-refractivity contribution in [2.75, 3.05) is 27.2 Å². The first kappa shape index (κ1) is 10.2. The molecular formula is C8H18ClN. The Hall–Kier alpha value is 0.250. The van der Waals surface area contributed by atoms with Gasteiger partial charge in [0, 0.05) is 5.92 Å². The molecule has 0 aliphatic carbocycles. The van der Waals surface area contributed by atoms with Crippen LogP contribution in [0.3, 0.4) is 0 Å². The van der Waals surface area contributed by atoms with Crippen molar-refractivity contribution < 1.29 is 16.9 Å². The van der Waals surface area contributed by atoms with Gasteiger partial charge >= 0.3 is 0 Å². The third-order valence-corrected chi connectivity index (χ3v) is 2.27. The van der Waals surface area contributed by atoms with E-state index >= 15 is 0 Å². The van der Waals surface area contributed by atoms with Gasteiger partial charge in [0.15, 0.2) is 0 Å². The van der Waals surface area contributed by atoms with Crippen LogP contribution in [0.1, 0.15) is 19.8 Å². The van der Waals surface area contributed by atoms with Gasteiger partial charge in [0.25, 0.3) is 0 Å². The maximum absolute atomic E-state index is 2.36. The lowest BCUT2D eigenvalue weighted by atomic mass is 9.99. The van der Waals surface area contributed by atoms with Gasteiger partial charge in [-0.1, -0.05) is 6.92 Å². The molecule has 1 fully saturated rings. The molecule has 1 heterocycles. The fraction of sp³-hybridized carbons (Fsp3) is 1.00. The Morgan fingerprint density at radius 3 is 2.20 bits per heavy atom. The number of nitrogens with zero attached hydrogens (tertiary/aromatic N) is 1. The van der Waals surface area contributed by atoms with E-state index in [2.05, 4.69) is 21.0 Å². The number of rotatable bonds is 0. The van der Waals surface area contributed by atoms with Gasteiger partial charge in [0.05, 0.1) is 27.2 Å². The van der Waals surface area contributed by atoms with Crippen LogP contribution in [0.2, 0.25) is 0 Å². The molecule has 0 spiro atoms. The Kier molecular flexibility index (Phi) is 3.68. The third-order valence-electron chi connectivity index (χ3n) is 2.27. The van der Waals surface area contributed by atoms with E-state index in [0.717, 1.165) is 5.92 Å². The van der Waals surface area contributed by atoms with E-state index < -0.39 is 0 Å². The van der Waals surface area contributed by atoms with Crippen molar-refractivity contribution in [2.24, 2.45) is 5.92 Å². The van der Waals surface area contributed by atoms with Gasteiger partial charge in [-0.15, -0.1) is 0 Å². The zero-order valence-corrected chi connectivity index (χ0v) is 7.99. The monoisotopic (exact) mass is 163 g/mol. The van der Waals surface area contributed by atoms with Crippen molar-refractivity contribution in [1.29, 1.82) is 0 Å². The number of piperidine rings is 1. The van der Waals surface area contributed by atoms with Crippen LogP contribution >= 0.6 is 0 Å². The van der Waals surface area contributed by atoms with Crippen LogP contribution in [-0.2, 0) is 0 Å². The molecule has 0 saturated carbocycles. The summed E-state index contributed by atoms with van der Waals surface area (Å²) in [4.78, 5) is 0. The van der Waals surface area contributed by atoms with Crippen molar-refractivity contribution in [2.45, 2.75) is 19.8 Å². The fourth-order valence-electron chi connectivity index (χ4n) is 1.89. The highest BCUT2D eigenvalue weighted by atomic mass is 35.5. The first-order valence-corrected chi connectivity index (χ1v) is 3.92. The van der Waals surface area contributed by atoms with Crippen LogP contribution in [0.15, 0.2) is 0 Å². The van der Waals surface area contributed by atoms with Crippen LogP contribution in [0, 0.1) is 5.92 Å². The van der Waals surface area contributed by atoms with E-state index in [9.17, 15) is 0 Å². The van der Waals surface area contributed by atoms with E-state index in [-0.39, 0.29) is 12.4 Å². The zero-order valence-electron chi connectivity index (χ0n) is 7.23. The number of likely N-dealkylation sites (tertiary alicyclic amines) is 1. The van der Waals surface area contributed by atoms with Crippen LogP contribution in [0.25, 0.3) is 0 Å². The maximum Gasteiger partial charge on any atom is 0.0808 e. The van der Waals surface area contributed by atoms with Gasteiger partial charge < -0.3 is 16.9 Å². The molecule has 1 atom stereocenters. The van der Waals surface area contributed by atoms with Gasteiger partial charge in [-0.25, -0.2) is 0 Å². The topological polar surface area (TPSA) is 0 Å². The van der Waals surface area contributed by atoms with Crippen molar-refractivity contribution in [3.63, 3.8) is 0 Å². The maximum atomic E-state index is 2.36. The van der Waals surface area contributed by atoms with Crippen molar-refractivity contribution in [3.05, 3.63) is 0 Å². The standard InChI is InChI=1S/C8H18N.ClH/c1-8-5-4-6-9(2,3)7-8;/h8H,4-7H2,1-3H3;1H/q+1;/p-1. The van der Waals surface area contributed by atoms with Gasteiger partial charge in [-0.2, -0.15) is 0 Å². The van der Waals surface area contributed by atoms with Crippen LogP contribution in [0.4, 0.5) is 0 Å². The average molecular weight is 164 g/mol. The molecule has 1 nitrogen and oxygen atoms in total. The van der Waals surface area contributed by atoms with Crippen LogP contribution < -0.4 is 12.4 Å². The molecule has 62 valence electrons. The summed E-state index contributed by atoms with van der Waals surface area (Å²) in [6, 6.07) is 0. The predicted molar refractivity (Wildman–Crippen MR) is 40.2 cm³/mol. The van der Waals surface area contributed by atoms with Gasteiger partial charge in [0.1, 0.15) is 0 Å². The highest BCUT2D eigenvalue weighted by Crippen LogP contribution is 2.18. The van der Waals surface area contributed by atoms with Crippen molar-refractivity contribution >= 4 is 0 Å². The van der Waals surface area contributed by atoms with Crippen molar-refractivity contribution in [3.8, 4) is 0 Å². The Balaban J connectivity index is 0.000000810. The molecule has 0 amide bonds. The summed E-state index contributed by atoms with van der Waals surface area (Å²) < 4.78 is 1.24. The SMILES string of the molecule is CC1CCC[N+](C)(C)C1.[Cl-]. The van der Waals surface area contributed by atoms with Gasteiger partial charge in [-0.05, 0) is 12.8 Å². The summed E-state index contributed by atoms with van der Waals surface area (Å²) in [6.07, 6.45) is 2.87. The summed E-state index contributed by atoms with van der Waals surface area (Å²) in [7, 11) is 4.66. The second-order valence-corrected chi connectivity index (χ2v) is 4.09. The number of quaternary nitrogens is 1. The summed E-state index contributed by atoms with van der Waals surface area (Å²) >= 11 is 0. The lowest BCUT2D eigenvalue weighted by molar-refractivity contribution is -0.898. The molecule has 1 saturated heterocycles. The van der Waals surface area contributed by atoms with E-state index in [1.807, 2.05) is 0 Å². The molecule has 1 aliphatic heterocycles. The molecule has 2 heteroatoms. The van der Waals surface area contributed by atoms with E-state index in [0.29, 0.717) is 0 Å². The smallest absolute Gasteiger partial charge is 0.0808 e. The number of hydrogen-bond donors (Lipinski definition) is 0. The lowest BCUT2D eigenvalue weighted by Gasteiger charge is -2.36. The lowest BCUT2D eigenvalue weighted by Crippen LogP contribution is -3.00. The molecule has 0 bridgehead atoms. The summed E-state index contributed by atoms with van der Waals surface area (Å²) in [5.41, 5.74) is 0. The second kappa shape index (κ2) is 3.59. The summed E-state index contributed by atoms with van der Waals surface area (Å²) in [5.74, 6) is 0.953. The van der Waals surface area contributed by atoms with E-state index in [4.69, 9.17) is 0 Å². The molecule has 0 N–H and O–H groups in total. The van der Waals surface area contributed by atoms with Crippen LogP contribution in [-0.4, -0.2) is 31.7 Å². The molecule has 10 heavy (non-hydrogen) atoms. The average Bonchev–Trinajstić information content (AvgIpc) is 1.60. The molecular weight excluding hydrogens is 146 g/mol. The van der Waals surface area contributed by atoms with Crippen LogP contribution in [0.5, 0.6) is 0 Å². The minimum atomic E-state index is 0. The molecule has 1 rings (SSSR count). The van der Waals surface area contributed by atoms with Gasteiger partial charge in [0.2, 0.25) is 0 Å². The van der Waals surface area contributed by atoms with Crippen molar-refractivity contribution in [1.82, 2.24) is 0 Å². The molecule has 1 unspecified atom stereocenters. The highest BCUT2D eigenvalue weighted by Gasteiger charge is 2.23. The zero-order chi connectivity index (χ0) is 6.91.